The number of carbonyl (C=O) groups excluding carboxylic acids is 1. The molecular weight excluding hydrogens is 339 g/mol. The minimum absolute atomic E-state index is 0.0737. The summed E-state index contributed by atoms with van der Waals surface area (Å²) in [6.45, 7) is 1.93. The molecule has 0 unspecified atom stereocenters. The number of nitrogens with one attached hydrogen (secondary N) is 2. The number of aromatic nitrogens is 3. The van der Waals surface area contributed by atoms with Crippen LogP contribution in [0.4, 0.5) is 4.39 Å². The van der Waals surface area contributed by atoms with Crippen molar-refractivity contribution in [1.82, 2.24) is 20.5 Å². The Bertz CT molecular complexity index is 853. The fraction of sp³-hybridized carbons (Fsp3) is 0.167. The molecule has 0 aliphatic carbocycles. The van der Waals surface area contributed by atoms with Crippen molar-refractivity contribution >= 4 is 17.7 Å². The molecule has 7 heteroatoms. The molecule has 0 fully saturated rings. The first kappa shape index (κ1) is 17.2. The van der Waals surface area contributed by atoms with Gasteiger partial charge in [-0.05, 0) is 24.6 Å². The maximum Gasteiger partial charge on any atom is 0.230 e. The smallest absolute Gasteiger partial charge is 0.230 e. The molecule has 1 atom stereocenters. The molecule has 2 aromatic carbocycles. The van der Waals surface area contributed by atoms with E-state index in [2.05, 4.69) is 20.5 Å². The van der Waals surface area contributed by atoms with Crippen LogP contribution in [0.5, 0.6) is 0 Å². The predicted molar refractivity (Wildman–Crippen MR) is 95.5 cm³/mol. The lowest BCUT2D eigenvalue weighted by atomic mass is 10.1. The Labute approximate surface area is 149 Å². The van der Waals surface area contributed by atoms with Crippen LogP contribution in [0.2, 0.25) is 0 Å². The molecule has 0 saturated heterocycles. The van der Waals surface area contributed by atoms with E-state index in [1.54, 1.807) is 18.2 Å². The topological polar surface area (TPSA) is 70.7 Å². The normalized spacial score (nSPS) is 11.9. The number of aromatic amines is 1. The number of H-pyrrole nitrogens is 1. The van der Waals surface area contributed by atoms with Crippen LogP contribution in [0.15, 0.2) is 59.8 Å². The Morgan fingerprint density at radius 1 is 1.20 bits per heavy atom. The van der Waals surface area contributed by atoms with E-state index in [4.69, 9.17) is 0 Å². The molecule has 5 nitrogen and oxygen atoms in total. The largest absolute Gasteiger partial charge is 0.349 e. The molecule has 2 N–H and O–H groups in total. The van der Waals surface area contributed by atoms with Gasteiger partial charge in [-0.2, -0.15) is 0 Å². The van der Waals surface area contributed by atoms with Crippen LogP contribution in [0.1, 0.15) is 18.5 Å². The average Bonchev–Trinajstić information content (AvgIpc) is 3.10. The summed E-state index contributed by atoms with van der Waals surface area (Å²) in [4.78, 5) is 16.3. The molecule has 1 amide bonds. The van der Waals surface area contributed by atoms with Crippen LogP contribution in [-0.2, 0) is 4.79 Å². The summed E-state index contributed by atoms with van der Waals surface area (Å²) < 4.78 is 13.7. The first-order chi connectivity index (χ1) is 12.1. The van der Waals surface area contributed by atoms with Crippen LogP contribution >= 0.6 is 11.8 Å². The Morgan fingerprint density at radius 2 is 1.92 bits per heavy atom. The van der Waals surface area contributed by atoms with E-state index in [-0.39, 0.29) is 23.5 Å². The van der Waals surface area contributed by atoms with Crippen molar-refractivity contribution in [3.8, 4) is 11.4 Å². The summed E-state index contributed by atoms with van der Waals surface area (Å²) in [5.41, 5.74) is 1.39. The highest BCUT2D eigenvalue weighted by atomic mass is 32.2. The standard InChI is InChI=1S/C18H17FN4OS/c1-12(13-7-3-2-4-8-13)20-16(24)11-25-18-21-17(22-23-18)14-9-5-6-10-15(14)19/h2-10,12H,11H2,1H3,(H,20,24)(H,21,22,23)/t12-/m1/s1. The van der Waals surface area contributed by atoms with E-state index in [0.29, 0.717) is 16.5 Å². The van der Waals surface area contributed by atoms with Crippen molar-refractivity contribution in [2.75, 3.05) is 5.75 Å². The molecule has 0 bridgehead atoms. The molecule has 128 valence electrons. The van der Waals surface area contributed by atoms with E-state index < -0.39 is 0 Å². The van der Waals surface area contributed by atoms with E-state index in [1.807, 2.05) is 37.3 Å². The summed E-state index contributed by atoms with van der Waals surface area (Å²) in [5.74, 6) is 0.0491. The van der Waals surface area contributed by atoms with Crippen molar-refractivity contribution in [3.63, 3.8) is 0 Å². The molecule has 25 heavy (non-hydrogen) atoms. The zero-order valence-corrected chi connectivity index (χ0v) is 14.4. The van der Waals surface area contributed by atoms with Gasteiger partial charge in [0.1, 0.15) is 5.82 Å². The highest BCUT2D eigenvalue weighted by molar-refractivity contribution is 7.99. The number of hydrogen-bond donors (Lipinski definition) is 2. The SMILES string of the molecule is C[C@@H](NC(=O)CSc1n[nH]c(-c2ccccc2F)n1)c1ccccc1. The third-order valence-electron chi connectivity index (χ3n) is 3.60. The molecule has 1 aromatic heterocycles. The lowest BCUT2D eigenvalue weighted by Gasteiger charge is -2.13. The first-order valence-electron chi connectivity index (χ1n) is 7.78. The second-order valence-electron chi connectivity index (χ2n) is 5.43. The summed E-state index contributed by atoms with van der Waals surface area (Å²) in [6, 6.07) is 16.0. The van der Waals surface area contributed by atoms with E-state index >= 15 is 0 Å². The quantitative estimate of drug-likeness (QED) is 0.662. The van der Waals surface area contributed by atoms with Crippen LogP contribution in [0.25, 0.3) is 11.4 Å². The zero-order valence-electron chi connectivity index (χ0n) is 13.6. The van der Waals surface area contributed by atoms with Gasteiger partial charge in [-0.15, -0.1) is 5.10 Å². The maximum atomic E-state index is 13.7. The molecular formula is C18H17FN4OS. The molecule has 3 aromatic rings. The number of rotatable bonds is 6. The van der Waals surface area contributed by atoms with Crippen molar-refractivity contribution < 1.29 is 9.18 Å². The van der Waals surface area contributed by atoms with Crippen LogP contribution in [0, 0.1) is 5.82 Å². The van der Waals surface area contributed by atoms with Gasteiger partial charge < -0.3 is 5.32 Å². The monoisotopic (exact) mass is 356 g/mol. The number of benzene rings is 2. The lowest BCUT2D eigenvalue weighted by molar-refractivity contribution is -0.119. The fourth-order valence-electron chi connectivity index (χ4n) is 2.32. The predicted octanol–water partition coefficient (Wildman–Crippen LogP) is 3.58. The molecule has 0 radical (unpaired) electrons. The van der Waals surface area contributed by atoms with E-state index in [9.17, 15) is 9.18 Å². The van der Waals surface area contributed by atoms with Crippen molar-refractivity contribution in [3.05, 3.63) is 66.0 Å². The highest BCUT2D eigenvalue weighted by Gasteiger charge is 2.13. The van der Waals surface area contributed by atoms with Crippen molar-refractivity contribution in [1.29, 1.82) is 0 Å². The average molecular weight is 356 g/mol. The van der Waals surface area contributed by atoms with Gasteiger partial charge in [0.25, 0.3) is 0 Å². The Balaban J connectivity index is 1.55. The van der Waals surface area contributed by atoms with Crippen LogP contribution < -0.4 is 5.32 Å². The fourth-order valence-corrected chi connectivity index (χ4v) is 2.93. The third kappa shape index (κ3) is 4.45. The molecule has 0 spiro atoms. The number of thioether (sulfide) groups is 1. The molecule has 0 saturated carbocycles. The second-order valence-corrected chi connectivity index (χ2v) is 6.38. The minimum Gasteiger partial charge on any atom is -0.349 e. The summed E-state index contributed by atoms with van der Waals surface area (Å²) in [5, 5.41) is 10.1. The molecule has 3 rings (SSSR count). The van der Waals surface area contributed by atoms with Gasteiger partial charge in [-0.25, -0.2) is 9.37 Å². The number of carbonyl (C=O) groups is 1. The third-order valence-corrected chi connectivity index (χ3v) is 4.45. The van der Waals surface area contributed by atoms with Gasteiger partial charge in [0.2, 0.25) is 11.1 Å². The van der Waals surface area contributed by atoms with Crippen LogP contribution in [0.3, 0.4) is 0 Å². The van der Waals surface area contributed by atoms with Gasteiger partial charge in [-0.3, -0.25) is 9.89 Å². The molecule has 1 heterocycles. The maximum absolute atomic E-state index is 13.7. The minimum atomic E-state index is -0.371. The van der Waals surface area contributed by atoms with Crippen molar-refractivity contribution in [2.24, 2.45) is 0 Å². The number of nitrogens with zero attached hydrogens (tertiary/aromatic N) is 2. The van der Waals surface area contributed by atoms with Gasteiger partial charge in [0.15, 0.2) is 5.82 Å². The van der Waals surface area contributed by atoms with Crippen molar-refractivity contribution in [2.45, 2.75) is 18.1 Å². The zero-order chi connectivity index (χ0) is 17.6. The summed E-state index contributed by atoms with van der Waals surface area (Å²) >= 11 is 1.20. The summed E-state index contributed by atoms with van der Waals surface area (Å²) in [6.07, 6.45) is 0. The Kier molecular flexibility index (Phi) is 5.45. The van der Waals surface area contributed by atoms with Gasteiger partial charge >= 0.3 is 0 Å². The first-order valence-corrected chi connectivity index (χ1v) is 8.76. The van der Waals surface area contributed by atoms with Crippen LogP contribution in [-0.4, -0.2) is 26.8 Å². The Hall–Kier alpha value is -2.67. The number of halogens is 1. The second kappa shape index (κ2) is 7.94. The van der Waals surface area contributed by atoms with Gasteiger partial charge in [0.05, 0.1) is 17.4 Å². The molecule has 0 aliphatic heterocycles. The Morgan fingerprint density at radius 3 is 2.68 bits per heavy atom. The van der Waals surface area contributed by atoms with Gasteiger partial charge in [-0.1, -0.05) is 54.2 Å². The highest BCUT2D eigenvalue weighted by Crippen LogP contribution is 2.21. The number of hydrogen-bond acceptors (Lipinski definition) is 4. The van der Waals surface area contributed by atoms with Gasteiger partial charge in [0, 0.05) is 0 Å². The summed E-state index contributed by atoms with van der Waals surface area (Å²) in [7, 11) is 0. The van der Waals surface area contributed by atoms with E-state index in [1.165, 1.54) is 17.8 Å². The lowest BCUT2D eigenvalue weighted by Crippen LogP contribution is -2.28. The van der Waals surface area contributed by atoms with E-state index in [0.717, 1.165) is 5.56 Å². The molecule has 0 aliphatic rings. The number of amides is 1.